The van der Waals surface area contributed by atoms with Crippen molar-refractivity contribution in [2.24, 2.45) is 5.41 Å². The summed E-state index contributed by atoms with van der Waals surface area (Å²) in [7, 11) is 0. The Hall–Kier alpha value is -0.350. The SMILES string of the molecule is CCc1nn(CC)c(CCCC(O)C(C)(C)C)c1Br. The molecule has 0 spiro atoms. The van der Waals surface area contributed by atoms with Crippen LogP contribution in [0.1, 0.15) is 58.8 Å². The number of nitrogens with zero attached hydrogens (tertiary/aromatic N) is 2. The van der Waals surface area contributed by atoms with Crippen LogP contribution in [0.4, 0.5) is 0 Å². The van der Waals surface area contributed by atoms with Crippen molar-refractivity contribution in [1.82, 2.24) is 9.78 Å². The molecule has 1 unspecified atom stereocenters. The Labute approximate surface area is 125 Å². The van der Waals surface area contributed by atoms with Crippen molar-refractivity contribution < 1.29 is 5.11 Å². The number of hydrogen-bond acceptors (Lipinski definition) is 2. The largest absolute Gasteiger partial charge is 0.393 e. The Balaban J connectivity index is 2.65. The smallest absolute Gasteiger partial charge is 0.0766 e. The summed E-state index contributed by atoms with van der Waals surface area (Å²) in [5.41, 5.74) is 2.37. The Morgan fingerprint density at radius 2 is 1.95 bits per heavy atom. The molecule has 1 heterocycles. The first-order valence-electron chi connectivity index (χ1n) is 7.23. The third kappa shape index (κ3) is 4.32. The lowest BCUT2D eigenvalue weighted by Gasteiger charge is -2.25. The number of aliphatic hydroxyl groups excluding tert-OH is 1. The molecule has 1 atom stereocenters. The quantitative estimate of drug-likeness (QED) is 0.857. The van der Waals surface area contributed by atoms with Crippen LogP contribution < -0.4 is 0 Å². The van der Waals surface area contributed by atoms with Crippen molar-refractivity contribution in [3.05, 3.63) is 15.9 Å². The van der Waals surface area contributed by atoms with Gasteiger partial charge in [-0.2, -0.15) is 5.10 Å². The minimum atomic E-state index is -0.241. The highest BCUT2D eigenvalue weighted by Gasteiger charge is 2.22. The standard InChI is InChI=1S/C15H27BrN2O/c1-6-11-14(16)12(18(7-2)17-11)9-8-10-13(19)15(3,4)5/h13,19H,6-10H2,1-5H3. The van der Waals surface area contributed by atoms with E-state index in [1.165, 1.54) is 5.69 Å². The van der Waals surface area contributed by atoms with Gasteiger partial charge in [-0.15, -0.1) is 0 Å². The first-order chi connectivity index (χ1) is 8.81. The fraction of sp³-hybridized carbons (Fsp3) is 0.800. The zero-order valence-corrected chi connectivity index (χ0v) is 14.4. The molecule has 0 aliphatic rings. The van der Waals surface area contributed by atoms with E-state index in [0.29, 0.717) is 0 Å². The molecule has 0 radical (unpaired) electrons. The molecule has 4 heteroatoms. The van der Waals surface area contributed by atoms with Gasteiger partial charge in [-0.3, -0.25) is 4.68 Å². The lowest BCUT2D eigenvalue weighted by molar-refractivity contribution is 0.0539. The minimum Gasteiger partial charge on any atom is -0.393 e. The van der Waals surface area contributed by atoms with Gasteiger partial charge in [0.05, 0.1) is 22.0 Å². The molecule has 1 aromatic heterocycles. The number of aromatic nitrogens is 2. The van der Waals surface area contributed by atoms with Gasteiger partial charge in [0.1, 0.15) is 0 Å². The molecular weight excluding hydrogens is 304 g/mol. The van der Waals surface area contributed by atoms with Crippen molar-refractivity contribution in [2.75, 3.05) is 0 Å². The molecule has 19 heavy (non-hydrogen) atoms. The first kappa shape index (κ1) is 16.7. The molecule has 0 aromatic carbocycles. The van der Waals surface area contributed by atoms with Gasteiger partial charge in [0, 0.05) is 6.54 Å². The molecule has 0 aliphatic carbocycles. The minimum absolute atomic E-state index is 0.0309. The second-order valence-corrected chi connectivity index (χ2v) is 6.94. The molecule has 3 nitrogen and oxygen atoms in total. The first-order valence-corrected chi connectivity index (χ1v) is 8.02. The summed E-state index contributed by atoms with van der Waals surface area (Å²) in [6, 6.07) is 0. The van der Waals surface area contributed by atoms with Crippen LogP contribution >= 0.6 is 15.9 Å². The van der Waals surface area contributed by atoms with E-state index in [-0.39, 0.29) is 11.5 Å². The second kappa shape index (κ2) is 6.89. The van der Waals surface area contributed by atoms with Crippen LogP contribution in [-0.4, -0.2) is 21.0 Å². The fourth-order valence-electron chi connectivity index (χ4n) is 2.15. The number of hydrogen-bond donors (Lipinski definition) is 1. The highest BCUT2D eigenvalue weighted by molar-refractivity contribution is 9.10. The normalized spacial score (nSPS) is 13.8. The zero-order valence-electron chi connectivity index (χ0n) is 12.8. The lowest BCUT2D eigenvalue weighted by atomic mass is 9.86. The molecule has 0 saturated heterocycles. The van der Waals surface area contributed by atoms with E-state index in [1.54, 1.807) is 0 Å². The van der Waals surface area contributed by atoms with Gasteiger partial charge in [-0.25, -0.2) is 0 Å². The van der Waals surface area contributed by atoms with Crippen LogP contribution in [0.15, 0.2) is 4.47 Å². The summed E-state index contributed by atoms with van der Waals surface area (Å²) in [6.45, 7) is 11.4. The van der Waals surface area contributed by atoms with Crippen LogP contribution in [0.25, 0.3) is 0 Å². The molecule has 0 aliphatic heterocycles. The van der Waals surface area contributed by atoms with Crippen LogP contribution in [0.2, 0.25) is 0 Å². The van der Waals surface area contributed by atoms with E-state index in [1.807, 2.05) is 0 Å². The predicted octanol–water partition coefficient (Wildman–Crippen LogP) is 3.96. The van der Waals surface area contributed by atoms with Crippen LogP contribution in [0.3, 0.4) is 0 Å². The summed E-state index contributed by atoms with van der Waals surface area (Å²) in [4.78, 5) is 0. The topological polar surface area (TPSA) is 38.0 Å². The molecule has 0 saturated carbocycles. The average Bonchev–Trinajstić information content (AvgIpc) is 2.64. The maximum Gasteiger partial charge on any atom is 0.0766 e. The molecule has 1 rings (SSSR count). The summed E-state index contributed by atoms with van der Waals surface area (Å²) in [5.74, 6) is 0. The zero-order chi connectivity index (χ0) is 14.6. The van der Waals surface area contributed by atoms with E-state index in [9.17, 15) is 5.11 Å². The maximum absolute atomic E-state index is 10.1. The van der Waals surface area contributed by atoms with E-state index >= 15 is 0 Å². The second-order valence-electron chi connectivity index (χ2n) is 6.15. The van der Waals surface area contributed by atoms with Crippen LogP contribution in [-0.2, 0) is 19.4 Å². The molecule has 110 valence electrons. The Morgan fingerprint density at radius 1 is 1.32 bits per heavy atom. The van der Waals surface area contributed by atoms with Gasteiger partial charge < -0.3 is 5.11 Å². The molecule has 1 N–H and O–H groups in total. The number of halogens is 1. The fourth-order valence-corrected chi connectivity index (χ4v) is 2.91. The summed E-state index contributed by atoms with van der Waals surface area (Å²) < 4.78 is 3.23. The van der Waals surface area contributed by atoms with E-state index in [0.717, 1.165) is 42.4 Å². The van der Waals surface area contributed by atoms with Gasteiger partial charge in [-0.05, 0) is 54.0 Å². The lowest BCUT2D eigenvalue weighted by Crippen LogP contribution is -2.25. The van der Waals surface area contributed by atoms with Gasteiger partial charge in [0.15, 0.2) is 0 Å². The monoisotopic (exact) mass is 330 g/mol. The molecular formula is C15H27BrN2O. The Kier molecular flexibility index (Phi) is 6.06. The number of aliphatic hydroxyl groups is 1. The van der Waals surface area contributed by atoms with Crippen molar-refractivity contribution in [2.45, 2.75) is 73.0 Å². The highest BCUT2D eigenvalue weighted by Crippen LogP contribution is 2.26. The summed E-state index contributed by atoms with van der Waals surface area (Å²) in [6.07, 6.45) is 3.51. The van der Waals surface area contributed by atoms with Crippen molar-refractivity contribution >= 4 is 15.9 Å². The van der Waals surface area contributed by atoms with Crippen molar-refractivity contribution in [3.8, 4) is 0 Å². The predicted molar refractivity (Wildman–Crippen MR) is 83.4 cm³/mol. The molecule has 0 fully saturated rings. The van der Waals surface area contributed by atoms with E-state index in [2.05, 4.69) is 60.3 Å². The van der Waals surface area contributed by atoms with Crippen LogP contribution in [0, 0.1) is 5.41 Å². The maximum atomic E-state index is 10.1. The van der Waals surface area contributed by atoms with E-state index < -0.39 is 0 Å². The summed E-state index contributed by atoms with van der Waals surface area (Å²) in [5, 5.41) is 14.7. The van der Waals surface area contributed by atoms with Crippen LogP contribution in [0.5, 0.6) is 0 Å². The Bertz CT molecular complexity index is 407. The molecule has 1 aromatic rings. The van der Waals surface area contributed by atoms with Gasteiger partial charge in [-0.1, -0.05) is 27.7 Å². The molecule has 0 amide bonds. The number of aryl methyl sites for hydroxylation is 2. The van der Waals surface area contributed by atoms with Crippen molar-refractivity contribution in [1.29, 1.82) is 0 Å². The van der Waals surface area contributed by atoms with Gasteiger partial charge >= 0.3 is 0 Å². The third-order valence-electron chi connectivity index (χ3n) is 3.58. The van der Waals surface area contributed by atoms with E-state index in [4.69, 9.17) is 0 Å². The summed E-state index contributed by atoms with van der Waals surface area (Å²) >= 11 is 3.66. The third-order valence-corrected chi connectivity index (χ3v) is 4.50. The molecule has 0 bridgehead atoms. The average molecular weight is 331 g/mol. The van der Waals surface area contributed by atoms with Gasteiger partial charge in [0.2, 0.25) is 0 Å². The van der Waals surface area contributed by atoms with Gasteiger partial charge in [0.25, 0.3) is 0 Å². The highest BCUT2D eigenvalue weighted by atomic mass is 79.9. The van der Waals surface area contributed by atoms with Crippen molar-refractivity contribution in [3.63, 3.8) is 0 Å². The Morgan fingerprint density at radius 3 is 2.42 bits per heavy atom. The number of rotatable bonds is 6.